The fraction of sp³-hybridized carbons (Fsp3) is 0.263. The first-order chi connectivity index (χ1) is 13.6. The van der Waals surface area contributed by atoms with E-state index in [4.69, 9.17) is 9.47 Å². The molecule has 1 aliphatic heterocycles. The number of phenolic OH excluding ortho intramolecular Hbond substituents is 4. The number of hydrogen-bond acceptors (Lipinski definition) is 10. The molecule has 0 amide bonds. The number of phenols is 4. The molecule has 0 radical (unpaired) electrons. The number of ether oxygens (including phenoxy) is 3. The summed E-state index contributed by atoms with van der Waals surface area (Å²) >= 11 is 0. The first kappa shape index (κ1) is 20.2. The van der Waals surface area contributed by atoms with Gasteiger partial charge >= 0.3 is 5.97 Å². The SMILES string of the molecule is COC(=O)CC1(O)C(=O)c2c(O)cc(O)cc2OC1(OC)c1ccc(O)c(O)c1. The molecule has 2 unspecified atom stereocenters. The standard InChI is InChI=1S/C19H18O10/c1-27-15(24)8-18(26)17(25)16-13(23)6-10(20)7-14(16)29-19(18,28-2)9-3-4-11(21)12(22)5-9/h3-7,20-23,26H,8H2,1-2H3. The fourth-order valence-corrected chi connectivity index (χ4v) is 3.32. The van der Waals surface area contributed by atoms with E-state index in [1.807, 2.05) is 0 Å². The van der Waals surface area contributed by atoms with Gasteiger partial charge in [-0.25, -0.2) is 0 Å². The highest BCUT2D eigenvalue weighted by molar-refractivity contribution is 6.10. The first-order valence-corrected chi connectivity index (χ1v) is 8.26. The van der Waals surface area contributed by atoms with Crippen molar-refractivity contribution in [2.45, 2.75) is 17.8 Å². The van der Waals surface area contributed by atoms with Crippen molar-refractivity contribution in [3.63, 3.8) is 0 Å². The van der Waals surface area contributed by atoms with Crippen molar-refractivity contribution in [2.75, 3.05) is 14.2 Å². The van der Waals surface area contributed by atoms with Crippen molar-refractivity contribution in [3.05, 3.63) is 41.5 Å². The number of rotatable bonds is 4. The van der Waals surface area contributed by atoms with Gasteiger partial charge in [0.25, 0.3) is 5.79 Å². The van der Waals surface area contributed by atoms with E-state index in [0.29, 0.717) is 0 Å². The quantitative estimate of drug-likeness (QED) is 0.364. The van der Waals surface area contributed by atoms with E-state index in [-0.39, 0.29) is 11.3 Å². The highest BCUT2D eigenvalue weighted by Crippen LogP contribution is 2.51. The van der Waals surface area contributed by atoms with Gasteiger partial charge in [0.05, 0.1) is 13.5 Å². The molecule has 154 valence electrons. The number of aromatic hydroxyl groups is 4. The minimum Gasteiger partial charge on any atom is -0.508 e. The van der Waals surface area contributed by atoms with E-state index >= 15 is 0 Å². The van der Waals surface area contributed by atoms with Crippen LogP contribution in [-0.4, -0.2) is 57.1 Å². The van der Waals surface area contributed by atoms with Crippen LogP contribution in [0.25, 0.3) is 0 Å². The van der Waals surface area contributed by atoms with E-state index in [1.165, 1.54) is 6.07 Å². The second-order valence-electron chi connectivity index (χ2n) is 6.41. The van der Waals surface area contributed by atoms with Gasteiger partial charge in [0.2, 0.25) is 11.4 Å². The molecule has 0 saturated carbocycles. The number of fused-ring (bicyclic) bond motifs is 1. The lowest BCUT2D eigenvalue weighted by atomic mass is 9.76. The Morgan fingerprint density at radius 1 is 1.03 bits per heavy atom. The molecule has 0 aliphatic carbocycles. The van der Waals surface area contributed by atoms with Gasteiger partial charge in [-0.05, 0) is 18.2 Å². The van der Waals surface area contributed by atoms with Crippen LogP contribution in [0.3, 0.4) is 0 Å². The molecular formula is C19H18O10. The van der Waals surface area contributed by atoms with E-state index in [1.54, 1.807) is 0 Å². The van der Waals surface area contributed by atoms with Crippen molar-refractivity contribution < 1.29 is 49.3 Å². The van der Waals surface area contributed by atoms with Gasteiger partial charge in [0.15, 0.2) is 11.5 Å². The Labute approximate surface area is 164 Å². The summed E-state index contributed by atoms with van der Waals surface area (Å²) in [5.74, 6) is -7.11. The molecule has 0 fully saturated rings. The maximum atomic E-state index is 13.3. The largest absolute Gasteiger partial charge is 0.508 e. The molecule has 0 spiro atoms. The Bertz CT molecular complexity index is 1000. The number of hydrogen-bond donors (Lipinski definition) is 5. The predicted molar refractivity (Wildman–Crippen MR) is 94.8 cm³/mol. The molecule has 0 aromatic heterocycles. The molecule has 3 rings (SSSR count). The van der Waals surface area contributed by atoms with Gasteiger partial charge in [-0.15, -0.1) is 0 Å². The molecule has 1 aliphatic rings. The lowest BCUT2D eigenvalue weighted by molar-refractivity contribution is -0.268. The van der Waals surface area contributed by atoms with E-state index in [2.05, 4.69) is 4.74 Å². The molecular weight excluding hydrogens is 388 g/mol. The van der Waals surface area contributed by atoms with Gasteiger partial charge in [-0.3, -0.25) is 9.59 Å². The number of benzene rings is 2. The van der Waals surface area contributed by atoms with Crippen LogP contribution in [0.1, 0.15) is 22.3 Å². The van der Waals surface area contributed by atoms with Gasteiger partial charge in [-0.1, -0.05) is 0 Å². The van der Waals surface area contributed by atoms with Crippen molar-refractivity contribution in [2.24, 2.45) is 0 Å². The Kier molecular flexibility index (Phi) is 4.77. The summed E-state index contributed by atoms with van der Waals surface area (Å²) in [5, 5.41) is 50.8. The minimum atomic E-state index is -2.75. The van der Waals surface area contributed by atoms with Crippen LogP contribution in [0, 0.1) is 0 Å². The highest BCUT2D eigenvalue weighted by atomic mass is 16.7. The van der Waals surface area contributed by atoms with Gasteiger partial charge < -0.3 is 39.7 Å². The third-order valence-electron chi connectivity index (χ3n) is 4.74. The molecule has 10 heteroatoms. The average Bonchev–Trinajstić information content (AvgIpc) is 2.66. The molecule has 0 saturated heterocycles. The summed E-state index contributed by atoms with van der Waals surface area (Å²) in [5.41, 5.74) is -3.37. The van der Waals surface area contributed by atoms with Crippen LogP contribution < -0.4 is 4.74 Å². The summed E-state index contributed by atoms with van der Waals surface area (Å²) in [6.07, 6.45) is -0.933. The molecule has 5 N–H and O–H groups in total. The van der Waals surface area contributed by atoms with Crippen LogP contribution in [0.4, 0.5) is 0 Å². The molecule has 1 heterocycles. The van der Waals surface area contributed by atoms with Gasteiger partial charge in [0.1, 0.15) is 22.8 Å². The average molecular weight is 406 g/mol. The second-order valence-corrected chi connectivity index (χ2v) is 6.41. The molecule has 2 aromatic carbocycles. The van der Waals surface area contributed by atoms with Crippen LogP contribution in [0.15, 0.2) is 30.3 Å². The fourth-order valence-electron chi connectivity index (χ4n) is 3.32. The van der Waals surface area contributed by atoms with E-state index in [0.717, 1.165) is 38.5 Å². The summed E-state index contributed by atoms with van der Waals surface area (Å²) in [4.78, 5) is 25.3. The third kappa shape index (κ3) is 2.89. The van der Waals surface area contributed by atoms with Crippen LogP contribution in [0.5, 0.6) is 28.7 Å². The number of carbonyl (C=O) groups excluding carboxylic acids is 2. The third-order valence-corrected chi connectivity index (χ3v) is 4.74. The van der Waals surface area contributed by atoms with Gasteiger partial charge in [-0.2, -0.15) is 0 Å². The molecule has 0 bridgehead atoms. The van der Waals surface area contributed by atoms with Crippen LogP contribution in [0.2, 0.25) is 0 Å². The maximum absolute atomic E-state index is 13.3. The summed E-state index contributed by atoms with van der Waals surface area (Å²) in [7, 11) is 2.12. The Morgan fingerprint density at radius 3 is 2.31 bits per heavy atom. The molecule has 29 heavy (non-hydrogen) atoms. The molecule has 2 aromatic rings. The van der Waals surface area contributed by atoms with Crippen LogP contribution in [-0.2, 0) is 20.1 Å². The Morgan fingerprint density at radius 2 is 1.72 bits per heavy atom. The van der Waals surface area contributed by atoms with E-state index < -0.39 is 58.1 Å². The summed E-state index contributed by atoms with van der Waals surface area (Å²) < 4.78 is 15.7. The monoisotopic (exact) mass is 406 g/mol. The van der Waals surface area contributed by atoms with Crippen molar-refractivity contribution in [1.82, 2.24) is 0 Å². The van der Waals surface area contributed by atoms with Crippen molar-refractivity contribution in [1.29, 1.82) is 0 Å². The number of esters is 1. The first-order valence-electron chi connectivity index (χ1n) is 8.26. The number of methoxy groups -OCH3 is 2. The highest BCUT2D eigenvalue weighted by Gasteiger charge is 2.65. The predicted octanol–water partition coefficient (Wildman–Crippen LogP) is 0.878. The van der Waals surface area contributed by atoms with Gasteiger partial charge in [0, 0.05) is 24.8 Å². The zero-order chi connectivity index (χ0) is 21.6. The number of carbonyl (C=O) groups is 2. The van der Waals surface area contributed by atoms with Crippen molar-refractivity contribution >= 4 is 11.8 Å². The van der Waals surface area contributed by atoms with Crippen LogP contribution >= 0.6 is 0 Å². The minimum absolute atomic E-state index is 0.136. The lowest BCUT2D eigenvalue weighted by Crippen LogP contribution is -2.64. The smallest absolute Gasteiger partial charge is 0.309 e. The topological polar surface area (TPSA) is 163 Å². The number of ketones is 1. The molecule has 2 atom stereocenters. The second kappa shape index (κ2) is 6.83. The molecule has 10 nitrogen and oxygen atoms in total. The normalized spacial score (nSPS) is 23.2. The number of aliphatic hydroxyl groups is 1. The summed E-state index contributed by atoms with van der Waals surface area (Å²) in [6.45, 7) is 0. The zero-order valence-corrected chi connectivity index (χ0v) is 15.4. The van der Waals surface area contributed by atoms with E-state index in [9.17, 15) is 35.1 Å². The number of Topliss-reactive ketones (excluding diaryl/α,β-unsaturated/α-hetero) is 1. The zero-order valence-electron chi connectivity index (χ0n) is 15.4. The lowest BCUT2D eigenvalue weighted by Gasteiger charge is -2.47. The maximum Gasteiger partial charge on any atom is 0.309 e. The van der Waals surface area contributed by atoms with Crippen molar-refractivity contribution in [3.8, 4) is 28.7 Å². The summed E-state index contributed by atoms with van der Waals surface area (Å²) in [6, 6.07) is 5.11. The Balaban J connectivity index is 2.34. The Hall–Kier alpha value is -3.50.